The van der Waals surface area contributed by atoms with Gasteiger partial charge in [0.05, 0.1) is 0 Å². The van der Waals surface area contributed by atoms with Gasteiger partial charge in [0, 0.05) is 13.1 Å². The summed E-state index contributed by atoms with van der Waals surface area (Å²) in [5.74, 6) is 1.26. The molecule has 1 aliphatic heterocycles. The van der Waals surface area contributed by atoms with Crippen LogP contribution in [0.1, 0.15) is 26.7 Å². The van der Waals surface area contributed by atoms with Crippen molar-refractivity contribution in [3.05, 3.63) is 0 Å². The van der Waals surface area contributed by atoms with E-state index in [9.17, 15) is 9.90 Å². The minimum atomic E-state index is -0.956. The fraction of sp³-hybridized carbons (Fsp3) is 0.900. The molecule has 2 aliphatic rings. The van der Waals surface area contributed by atoms with Crippen LogP contribution in [0, 0.1) is 11.8 Å². The van der Waals surface area contributed by atoms with Crippen molar-refractivity contribution in [3.63, 3.8) is 0 Å². The molecule has 0 aromatic heterocycles. The molecule has 74 valence electrons. The van der Waals surface area contributed by atoms with E-state index in [1.54, 1.807) is 4.90 Å². The van der Waals surface area contributed by atoms with E-state index in [1.165, 1.54) is 0 Å². The van der Waals surface area contributed by atoms with Gasteiger partial charge in [-0.3, -0.25) is 4.79 Å². The molecule has 1 aliphatic carbocycles. The standard InChI is InChI=1S/C10H17NO2/c1-7(2)8-5-11(6-8)9(12)10(13)3-4-10/h7-8,13H,3-6H2,1-2H3. The number of amides is 1. The highest BCUT2D eigenvalue weighted by Gasteiger charge is 2.52. The molecule has 1 heterocycles. The van der Waals surface area contributed by atoms with Crippen molar-refractivity contribution in [2.24, 2.45) is 11.8 Å². The minimum Gasteiger partial charge on any atom is -0.380 e. The van der Waals surface area contributed by atoms with Crippen molar-refractivity contribution in [2.75, 3.05) is 13.1 Å². The monoisotopic (exact) mass is 183 g/mol. The number of carbonyl (C=O) groups excluding carboxylic acids is 1. The van der Waals surface area contributed by atoms with Gasteiger partial charge in [0.25, 0.3) is 5.91 Å². The van der Waals surface area contributed by atoms with Gasteiger partial charge in [-0.2, -0.15) is 0 Å². The van der Waals surface area contributed by atoms with Crippen molar-refractivity contribution in [1.29, 1.82) is 0 Å². The molecule has 0 radical (unpaired) electrons. The van der Waals surface area contributed by atoms with Crippen LogP contribution in [0.5, 0.6) is 0 Å². The zero-order valence-corrected chi connectivity index (χ0v) is 8.29. The summed E-state index contributed by atoms with van der Waals surface area (Å²) in [6, 6.07) is 0. The zero-order valence-electron chi connectivity index (χ0n) is 8.29. The maximum absolute atomic E-state index is 11.6. The Hall–Kier alpha value is -0.570. The first-order chi connectivity index (χ1) is 6.03. The number of hydrogen-bond acceptors (Lipinski definition) is 2. The Morgan fingerprint density at radius 3 is 2.38 bits per heavy atom. The summed E-state index contributed by atoms with van der Waals surface area (Å²) >= 11 is 0. The van der Waals surface area contributed by atoms with Crippen LogP contribution in [0.2, 0.25) is 0 Å². The minimum absolute atomic E-state index is 0.0376. The third-order valence-corrected chi connectivity index (χ3v) is 3.26. The van der Waals surface area contributed by atoms with E-state index in [-0.39, 0.29) is 5.91 Å². The SMILES string of the molecule is CC(C)C1CN(C(=O)C2(O)CC2)C1. The summed E-state index contributed by atoms with van der Waals surface area (Å²) in [5.41, 5.74) is -0.956. The Kier molecular flexibility index (Phi) is 1.88. The second-order valence-electron chi connectivity index (χ2n) is 4.75. The average molecular weight is 183 g/mol. The third-order valence-electron chi connectivity index (χ3n) is 3.26. The van der Waals surface area contributed by atoms with Gasteiger partial charge in [-0.15, -0.1) is 0 Å². The van der Waals surface area contributed by atoms with Crippen LogP contribution >= 0.6 is 0 Å². The molecular weight excluding hydrogens is 166 g/mol. The molecule has 0 spiro atoms. The van der Waals surface area contributed by atoms with E-state index >= 15 is 0 Å². The highest BCUT2D eigenvalue weighted by Crippen LogP contribution is 2.39. The van der Waals surface area contributed by atoms with Gasteiger partial charge >= 0.3 is 0 Å². The summed E-state index contributed by atoms with van der Waals surface area (Å²) in [7, 11) is 0. The average Bonchev–Trinajstić information content (AvgIpc) is 2.64. The van der Waals surface area contributed by atoms with E-state index in [2.05, 4.69) is 13.8 Å². The second-order valence-corrected chi connectivity index (χ2v) is 4.75. The topological polar surface area (TPSA) is 40.5 Å². The highest BCUT2D eigenvalue weighted by molar-refractivity contribution is 5.88. The third kappa shape index (κ3) is 1.46. The summed E-state index contributed by atoms with van der Waals surface area (Å²) in [6.07, 6.45) is 1.32. The molecular formula is C10H17NO2. The van der Waals surface area contributed by atoms with Gasteiger partial charge in [-0.05, 0) is 24.7 Å². The highest BCUT2D eigenvalue weighted by atomic mass is 16.3. The van der Waals surface area contributed by atoms with Gasteiger partial charge in [0.2, 0.25) is 0 Å². The Bertz CT molecular complexity index is 227. The number of hydrogen-bond donors (Lipinski definition) is 1. The fourth-order valence-electron chi connectivity index (χ4n) is 1.73. The Morgan fingerprint density at radius 2 is 2.00 bits per heavy atom. The number of rotatable bonds is 2. The van der Waals surface area contributed by atoms with Crippen LogP contribution in [-0.2, 0) is 4.79 Å². The number of nitrogens with zero attached hydrogens (tertiary/aromatic N) is 1. The Morgan fingerprint density at radius 1 is 1.46 bits per heavy atom. The van der Waals surface area contributed by atoms with Gasteiger partial charge in [0.15, 0.2) is 0 Å². The van der Waals surface area contributed by atoms with Crippen LogP contribution in [0.3, 0.4) is 0 Å². The van der Waals surface area contributed by atoms with E-state index in [0.29, 0.717) is 24.7 Å². The lowest BCUT2D eigenvalue weighted by Crippen LogP contribution is -2.55. The van der Waals surface area contributed by atoms with Gasteiger partial charge in [-0.1, -0.05) is 13.8 Å². The molecule has 1 amide bonds. The number of aliphatic hydroxyl groups is 1. The summed E-state index contributed by atoms with van der Waals surface area (Å²) < 4.78 is 0. The lowest BCUT2D eigenvalue weighted by atomic mass is 9.88. The normalized spacial score (nSPS) is 26.0. The van der Waals surface area contributed by atoms with Crippen LogP contribution in [-0.4, -0.2) is 34.6 Å². The molecule has 0 unspecified atom stereocenters. The quantitative estimate of drug-likeness (QED) is 0.682. The fourth-order valence-corrected chi connectivity index (χ4v) is 1.73. The zero-order chi connectivity index (χ0) is 9.64. The molecule has 2 fully saturated rings. The molecule has 3 heteroatoms. The van der Waals surface area contributed by atoms with Crippen molar-refractivity contribution in [2.45, 2.75) is 32.3 Å². The van der Waals surface area contributed by atoms with Crippen molar-refractivity contribution in [3.8, 4) is 0 Å². The first-order valence-corrected chi connectivity index (χ1v) is 5.05. The van der Waals surface area contributed by atoms with Crippen molar-refractivity contribution < 1.29 is 9.90 Å². The first-order valence-electron chi connectivity index (χ1n) is 5.05. The van der Waals surface area contributed by atoms with Crippen LogP contribution in [0.4, 0.5) is 0 Å². The van der Waals surface area contributed by atoms with Gasteiger partial charge in [-0.25, -0.2) is 0 Å². The molecule has 2 rings (SSSR count). The first kappa shape index (κ1) is 9.00. The van der Waals surface area contributed by atoms with Crippen molar-refractivity contribution in [1.82, 2.24) is 4.90 Å². The smallest absolute Gasteiger partial charge is 0.254 e. The Labute approximate surface area is 78.7 Å². The van der Waals surface area contributed by atoms with Crippen LogP contribution in [0.15, 0.2) is 0 Å². The lowest BCUT2D eigenvalue weighted by molar-refractivity contribution is -0.150. The lowest BCUT2D eigenvalue weighted by Gasteiger charge is -2.42. The molecule has 0 aromatic rings. The summed E-state index contributed by atoms with van der Waals surface area (Å²) in [6.45, 7) is 6.05. The molecule has 13 heavy (non-hydrogen) atoms. The molecule has 1 saturated carbocycles. The number of carbonyl (C=O) groups is 1. The Balaban J connectivity index is 1.83. The summed E-state index contributed by atoms with van der Waals surface area (Å²) in [5, 5.41) is 9.57. The van der Waals surface area contributed by atoms with E-state index in [1.807, 2.05) is 0 Å². The molecule has 3 nitrogen and oxygen atoms in total. The van der Waals surface area contributed by atoms with Gasteiger partial charge in [0.1, 0.15) is 5.60 Å². The van der Waals surface area contributed by atoms with E-state index in [0.717, 1.165) is 13.1 Å². The molecule has 0 aromatic carbocycles. The molecule has 0 bridgehead atoms. The predicted octanol–water partition coefficient (Wildman–Crippen LogP) is 0.626. The maximum atomic E-state index is 11.6. The largest absolute Gasteiger partial charge is 0.380 e. The predicted molar refractivity (Wildman–Crippen MR) is 49.1 cm³/mol. The van der Waals surface area contributed by atoms with E-state index in [4.69, 9.17) is 0 Å². The summed E-state index contributed by atoms with van der Waals surface area (Å²) in [4.78, 5) is 13.3. The maximum Gasteiger partial charge on any atom is 0.254 e. The molecule has 1 saturated heterocycles. The number of likely N-dealkylation sites (tertiary alicyclic amines) is 1. The molecule has 0 atom stereocenters. The second kappa shape index (κ2) is 2.71. The molecule has 1 N–H and O–H groups in total. The van der Waals surface area contributed by atoms with Gasteiger partial charge < -0.3 is 10.0 Å². The van der Waals surface area contributed by atoms with Crippen molar-refractivity contribution >= 4 is 5.91 Å². The van der Waals surface area contributed by atoms with E-state index < -0.39 is 5.60 Å². The van der Waals surface area contributed by atoms with Crippen LogP contribution < -0.4 is 0 Å². The van der Waals surface area contributed by atoms with Crippen LogP contribution in [0.25, 0.3) is 0 Å².